The Balaban J connectivity index is 2.07. The van der Waals surface area contributed by atoms with E-state index < -0.39 is 0 Å². The molecule has 1 unspecified atom stereocenters. The second-order valence-corrected chi connectivity index (χ2v) is 5.71. The van der Waals surface area contributed by atoms with Crippen LogP contribution in [0.15, 0.2) is 16.7 Å². The van der Waals surface area contributed by atoms with Gasteiger partial charge in [-0.15, -0.1) is 0 Å². The normalized spacial score (nSPS) is 19.2. The summed E-state index contributed by atoms with van der Waals surface area (Å²) in [6.45, 7) is 4.66. The van der Waals surface area contributed by atoms with Crippen LogP contribution in [0.4, 0.5) is 0 Å². The van der Waals surface area contributed by atoms with Crippen molar-refractivity contribution in [3.05, 3.63) is 22.4 Å². The molecule has 2 heterocycles. The van der Waals surface area contributed by atoms with Crippen LogP contribution in [0.25, 0.3) is 0 Å². The van der Waals surface area contributed by atoms with Crippen molar-refractivity contribution in [2.75, 3.05) is 19.6 Å². The summed E-state index contributed by atoms with van der Waals surface area (Å²) >= 11 is 3.41. The fraction of sp³-hybridized carbons (Fsp3) is 0.615. The van der Waals surface area contributed by atoms with Crippen molar-refractivity contribution in [3.63, 3.8) is 0 Å². The van der Waals surface area contributed by atoms with E-state index in [1.807, 2.05) is 35.7 Å². The van der Waals surface area contributed by atoms with Gasteiger partial charge in [-0.05, 0) is 48.3 Å². The van der Waals surface area contributed by atoms with Crippen LogP contribution in [0, 0.1) is 0 Å². The van der Waals surface area contributed by atoms with E-state index in [0.717, 1.165) is 29.8 Å². The van der Waals surface area contributed by atoms with Gasteiger partial charge in [-0.2, -0.15) is 0 Å². The highest BCUT2D eigenvalue weighted by molar-refractivity contribution is 9.10. The zero-order valence-electron chi connectivity index (χ0n) is 10.9. The van der Waals surface area contributed by atoms with Gasteiger partial charge in [0.15, 0.2) is 0 Å². The Hall–Kier alpha value is -0.810. The quantitative estimate of drug-likeness (QED) is 0.923. The molecule has 0 bridgehead atoms. The Morgan fingerprint density at radius 2 is 2.44 bits per heavy atom. The molecule has 0 aliphatic carbocycles. The van der Waals surface area contributed by atoms with E-state index in [1.165, 1.54) is 12.8 Å². The molecule has 2 rings (SSSR count). The van der Waals surface area contributed by atoms with Gasteiger partial charge in [-0.1, -0.05) is 0 Å². The number of carbonyl (C=O) groups excluding carboxylic acids is 1. The molecule has 100 valence electrons. The molecule has 1 saturated heterocycles. The van der Waals surface area contributed by atoms with Gasteiger partial charge in [0.1, 0.15) is 5.69 Å². The summed E-state index contributed by atoms with van der Waals surface area (Å²) in [5.74, 6) is 0.111. The van der Waals surface area contributed by atoms with Crippen molar-refractivity contribution < 1.29 is 4.79 Å². The minimum absolute atomic E-state index is 0.111. The van der Waals surface area contributed by atoms with Gasteiger partial charge >= 0.3 is 0 Å². The summed E-state index contributed by atoms with van der Waals surface area (Å²) in [6.07, 6.45) is 4.29. The van der Waals surface area contributed by atoms with E-state index in [9.17, 15) is 4.79 Å². The predicted octanol–water partition coefficient (Wildman–Crippen LogP) is 2.00. The van der Waals surface area contributed by atoms with Crippen molar-refractivity contribution in [1.29, 1.82) is 0 Å². The molecular formula is C13H20BrN3O. The third-order valence-electron chi connectivity index (χ3n) is 3.46. The molecule has 0 radical (unpaired) electrons. The number of aryl methyl sites for hydroxylation is 1. The SMILES string of the molecule is CCN(CC1CCCN1)C(=O)c1cc(Br)cn1C. The average Bonchev–Trinajstić information content (AvgIpc) is 2.95. The number of carbonyl (C=O) groups is 1. The smallest absolute Gasteiger partial charge is 0.270 e. The van der Waals surface area contributed by atoms with E-state index in [-0.39, 0.29) is 5.91 Å². The molecule has 0 saturated carbocycles. The van der Waals surface area contributed by atoms with Gasteiger partial charge in [-0.25, -0.2) is 0 Å². The topological polar surface area (TPSA) is 37.3 Å². The molecule has 0 aromatic carbocycles. The van der Waals surface area contributed by atoms with Crippen molar-refractivity contribution in [1.82, 2.24) is 14.8 Å². The minimum Gasteiger partial charge on any atom is -0.345 e. The highest BCUT2D eigenvalue weighted by atomic mass is 79.9. The Labute approximate surface area is 116 Å². The first-order valence-corrected chi connectivity index (χ1v) is 7.25. The maximum absolute atomic E-state index is 12.5. The Morgan fingerprint density at radius 1 is 1.67 bits per heavy atom. The van der Waals surface area contributed by atoms with Crippen LogP contribution in [0.1, 0.15) is 30.3 Å². The summed E-state index contributed by atoms with van der Waals surface area (Å²) in [5.41, 5.74) is 0.738. The molecule has 1 amide bonds. The highest BCUT2D eigenvalue weighted by Crippen LogP contribution is 2.16. The van der Waals surface area contributed by atoms with Gasteiger partial charge in [0, 0.05) is 36.8 Å². The lowest BCUT2D eigenvalue weighted by Crippen LogP contribution is -2.41. The molecule has 18 heavy (non-hydrogen) atoms. The van der Waals surface area contributed by atoms with E-state index in [4.69, 9.17) is 0 Å². The molecule has 5 heteroatoms. The number of hydrogen-bond acceptors (Lipinski definition) is 2. The molecule has 1 aliphatic heterocycles. The molecule has 1 aromatic rings. The average molecular weight is 314 g/mol. The van der Waals surface area contributed by atoms with E-state index in [2.05, 4.69) is 21.2 Å². The van der Waals surface area contributed by atoms with Crippen LogP contribution < -0.4 is 5.32 Å². The number of rotatable bonds is 4. The lowest BCUT2D eigenvalue weighted by atomic mass is 10.2. The first-order chi connectivity index (χ1) is 8.61. The van der Waals surface area contributed by atoms with Crippen molar-refractivity contribution in [3.8, 4) is 0 Å². The second-order valence-electron chi connectivity index (χ2n) is 4.79. The third-order valence-corrected chi connectivity index (χ3v) is 3.90. The highest BCUT2D eigenvalue weighted by Gasteiger charge is 2.22. The van der Waals surface area contributed by atoms with Gasteiger partial charge in [0.25, 0.3) is 5.91 Å². The Kier molecular flexibility index (Phi) is 4.45. The monoisotopic (exact) mass is 313 g/mol. The number of nitrogens with zero attached hydrogens (tertiary/aromatic N) is 2. The molecule has 1 aliphatic rings. The number of nitrogens with one attached hydrogen (secondary N) is 1. The van der Waals surface area contributed by atoms with Crippen LogP contribution in [-0.2, 0) is 7.05 Å². The summed E-state index contributed by atoms with van der Waals surface area (Å²) in [7, 11) is 1.90. The second kappa shape index (κ2) is 5.89. The lowest BCUT2D eigenvalue weighted by Gasteiger charge is -2.24. The molecule has 1 fully saturated rings. The van der Waals surface area contributed by atoms with Crippen LogP contribution in [0.2, 0.25) is 0 Å². The number of aromatic nitrogens is 1. The fourth-order valence-corrected chi connectivity index (χ4v) is 2.96. The van der Waals surface area contributed by atoms with Gasteiger partial charge in [0.2, 0.25) is 0 Å². The molecule has 0 spiro atoms. The van der Waals surface area contributed by atoms with Crippen LogP contribution in [-0.4, -0.2) is 41.1 Å². The molecule has 4 nitrogen and oxygen atoms in total. The summed E-state index contributed by atoms with van der Waals surface area (Å²) in [6, 6.07) is 2.34. The first-order valence-electron chi connectivity index (χ1n) is 6.46. The molecule has 1 N–H and O–H groups in total. The third kappa shape index (κ3) is 2.95. The molecule has 1 atom stereocenters. The Morgan fingerprint density at radius 3 is 2.94 bits per heavy atom. The summed E-state index contributed by atoms with van der Waals surface area (Å²) < 4.78 is 2.82. The summed E-state index contributed by atoms with van der Waals surface area (Å²) in [4.78, 5) is 14.4. The molecular weight excluding hydrogens is 294 g/mol. The van der Waals surface area contributed by atoms with Crippen molar-refractivity contribution >= 4 is 21.8 Å². The maximum Gasteiger partial charge on any atom is 0.270 e. The zero-order chi connectivity index (χ0) is 13.1. The van der Waals surface area contributed by atoms with E-state index in [0.29, 0.717) is 6.04 Å². The maximum atomic E-state index is 12.5. The first kappa shape index (κ1) is 13.6. The zero-order valence-corrected chi connectivity index (χ0v) is 12.5. The van der Waals surface area contributed by atoms with Gasteiger partial charge < -0.3 is 14.8 Å². The standard InChI is InChI=1S/C13H20BrN3O/c1-3-17(9-11-5-4-6-15-11)13(18)12-7-10(14)8-16(12)2/h7-8,11,15H,3-6,9H2,1-2H3. The van der Waals surface area contributed by atoms with Crippen molar-refractivity contribution in [2.24, 2.45) is 7.05 Å². The van der Waals surface area contributed by atoms with E-state index >= 15 is 0 Å². The van der Waals surface area contributed by atoms with E-state index in [1.54, 1.807) is 0 Å². The lowest BCUT2D eigenvalue weighted by molar-refractivity contribution is 0.0741. The van der Waals surface area contributed by atoms with Crippen LogP contribution in [0.5, 0.6) is 0 Å². The number of hydrogen-bond donors (Lipinski definition) is 1. The van der Waals surface area contributed by atoms with Crippen LogP contribution >= 0.6 is 15.9 Å². The van der Waals surface area contributed by atoms with Crippen molar-refractivity contribution in [2.45, 2.75) is 25.8 Å². The Bertz CT molecular complexity index is 424. The minimum atomic E-state index is 0.111. The largest absolute Gasteiger partial charge is 0.345 e. The van der Waals surface area contributed by atoms with Gasteiger partial charge in [0.05, 0.1) is 0 Å². The summed E-state index contributed by atoms with van der Waals surface area (Å²) in [5, 5.41) is 3.44. The van der Waals surface area contributed by atoms with Gasteiger partial charge in [-0.3, -0.25) is 4.79 Å². The molecule has 1 aromatic heterocycles. The fourth-order valence-electron chi connectivity index (χ4n) is 2.43. The number of halogens is 1. The predicted molar refractivity (Wildman–Crippen MR) is 75.7 cm³/mol. The number of amides is 1. The van der Waals surface area contributed by atoms with Crippen LogP contribution in [0.3, 0.4) is 0 Å². The number of likely N-dealkylation sites (N-methyl/N-ethyl adjacent to an activating group) is 1.